The first-order valence-electron chi connectivity index (χ1n) is 8.71. The zero-order valence-corrected chi connectivity index (χ0v) is 15.6. The van der Waals surface area contributed by atoms with E-state index in [1.165, 1.54) is 10.4 Å². The normalized spacial score (nSPS) is 21.8. The minimum Gasteiger partial charge on any atom is -0.339 e. The second kappa shape index (κ2) is 6.90. The maximum atomic E-state index is 13.3. The topological polar surface area (TPSA) is 76.3 Å². The average molecular weight is 400 g/mol. The van der Waals surface area contributed by atoms with Gasteiger partial charge in [-0.1, -0.05) is 16.8 Å². The van der Waals surface area contributed by atoms with Crippen LogP contribution in [-0.2, 0) is 16.4 Å². The maximum absolute atomic E-state index is 13.3. The van der Waals surface area contributed by atoms with Gasteiger partial charge in [0, 0.05) is 25.4 Å². The zero-order chi connectivity index (χ0) is 18.3. The third-order valence-electron chi connectivity index (χ3n) is 4.90. The lowest BCUT2D eigenvalue weighted by Crippen LogP contribution is -2.40. The molecule has 26 heavy (non-hydrogen) atoms. The number of sulfonamides is 1. The summed E-state index contributed by atoms with van der Waals surface area (Å²) in [5.74, 6) is 1.24. The minimum atomic E-state index is -3.71. The molecule has 1 aromatic heterocycles. The molecule has 1 atom stereocenters. The Morgan fingerprint density at radius 3 is 2.85 bits per heavy atom. The first-order valence-corrected chi connectivity index (χ1v) is 10.5. The fourth-order valence-electron chi connectivity index (χ4n) is 3.30. The van der Waals surface area contributed by atoms with Crippen LogP contribution in [0.1, 0.15) is 43.3 Å². The molecule has 1 saturated carbocycles. The molecule has 1 saturated heterocycles. The van der Waals surface area contributed by atoms with E-state index in [0.717, 1.165) is 43.6 Å². The van der Waals surface area contributed by atoms with Crippen molar-refractivity contribution in [2.24, 2.45) is 5.92 Å². The third-order valence-corrected chi connectivity index (χ3v) is 7.05. The van der Waals surface area contributed by atoms with Crippen molar-refractivity contribution in [3.63, 3.8) is 0 Å². The molecule has 2 fully saturated rings. The Morgan fingerprint density at radius 1 is 1.31 bits per heavy atom. The summed E-state index contributed by atoms with van der Waals surface area (Å²) in [4.78, 5) is 4.44. The summed E-state index contributed by atoms with van der Waals surface area (Å²) in [5, 5.41) is 3.81. The molecule has 6 nitrogen and oxygen atoms in total. The summed E-state index contributed by atoms with van der Waals surface area (Å²) in [6, 6.07) is 3.49. The number of aromatic nitrogens is 2. The average Bonchev–Trinajstić information content (AvgIpc) is 3.37. The Bertz CT molecular complexity index is 914. The van der Waals surface area contributed by atoms with E-state index >= 15 is 0 Å². The predicted octanol–water partition coefficient (Wildman–Crippen LogP) is 3.38. The van der Waals surface area contributed by atoms with Crippen LogP contribution in [0.3, 0.4) is 0 Å². The molecule has 2 aliphatic rings. The molecule has 2 heterocycles. The molecule has 140 valence electrons. The van der Waals surface area contributed by atoms with Gasteiger partial charge in [-0.25, -0.2) is 12.8 Å². The molecule has 0 spiro atoms. The van der Waals surface area contributed by atoms with Crippen LogP contribution in [-0.4, -0.2) is 36.0 Å². The van der Waals surface area contributed by atoms with E-state index in [2.05, 4.69) is 10.1 Å². The van der Waals surface area contributed by atoms with Gasteiger partial charge in [-0.3, -0.25) is 0 Å². The third kappa shape index (κ3) is 3.63. The lowest BCUT2D eigenvalue weighted by atomic mass is 9.96. The van der Waals surface area contributed by atoms with Crippen LogP contribution in [0.5, 0.6) is 0 Å². The number of hydrogen-bond acceptors (Lipinski definition) is 5. The maximum Gasteiger partial charge on any atom is 0.243 e. The van der Waals surface area contributed by atoms with Crippen molar-refractivity contribution < 1.29 is 17.3 Å². The van der Waals surface area contributed by atoms with Crippen LogP contribution in [0, 0.1) is 11.7 Å². The summed E-state index contributed by atoms with van der Waals surface area (Å²) >= 11 is 5.74. The van der Waals surface area contributed by atoms with Gasteiger partial charge >= 0.3 is 0 Å². The van der Waals surface area contributed by atoms with E-state index in [9.17, 15) is 12.8 Å². The Hall–Kier alpha value is -1.51. The van der Waals surface area contributed by atoms with Crippen LogP contribution in [0.15, 0.2) is 27.6 Å². The van der Waals surface area contributed by atoms with Crippen molar-refractivity contribution in [3.8, 4) is 0 Å². The SMILES string of the molecule is O=S(=O)(c1ccc(F)c(Cl)c1)N1CCC[C@H](Cc2nc(C3CC3)no2)C1. The van der Waals surface area contributed by atoms with Gasteiger partial charge in [-0.15, -0.1) is 0 Å². The van der Waals surface area contributed by atoms with Gasteiger partial charge in [0.1, 0.15) is 5.82 Å². The number of hydrogen-bond donors (Lipinski definition) is 0. The predicted molar refractivity (Wildman–Crippen MR) is 92.9 cm³/mol. The number of piperidine rings is 1. The van der Waals surface area contributed by atoms with Crippen molar-refractivity contribution in [1.82, 2.24) is 14.4 Å². The van der Waals surface area contributed by atoms with Gasteiger partial charge < -0.3 is 4.52 Å². The van der Waals surface area contributed by atoms with Crippen molar-refractivity contribution in [2.75, 3.05) is 13.1 Å². The molecule has 4 rings (SSSR count). The highest BCUT2D eigenvalue weighted by atomic mass is 35.5. The highest BCUT2D eigenvalue weighted by molar-refractivity contribution is 7.89. The van der Waals surface area contributed by atoms with Crippen LogP contribution in [0.2, 0.25) is 5.02 Å². The van der Waals surface area contributed by atoms with Gasteiger partial charge in [0.15, 0.2) is 5.82 Å². The molecule has 0 radical (unpaired) electrons. The molecule has 9 heteroatoms. The minimum absolute atomic E-state index is 0.0124. The first-order chi connectivity index (χ1) is 12.4. The van der Waals surface area contributed by atoms with E-state index < -0.39 is 15.8 Å². The summed E-state index contributed by atoms with van der Waals surface area (Å²) in [7, 11) is -3.71. The molecule has 0 bridgehead atoms. The summed E-state index contributed by atoms with van der Waals surface area (Å²) in [6.45, 7) is 0.809. The lowest BCUT2D eigenvalue weighted by Gasteiger charge is -2.31. The Balaban J connectivity index is 1.47. The first kappa shape index (κ1) is 17.9. The smallest absolute Gasteiger partial charge is 0.243 e. The Kier molecular flexibility index (Phi) is 4.75. The monoisotopic (exact) mass is 399 g/mol. The van der Waals surface area contributed by atoms with Gasteiger partial charge in [-0.05, 0) is 49.8 Å². The van der Waals surface area contributed by atoms with Crippen LogP contribution < -0.4 is 0 Å². The molecule has 0 N–H and O–H groups in total. The van der Waals surface area contributed by atoms with E-state index in [1.807, 2.05) is 0 Å². The molecular weight excluding hydrogens is 381 g/mol. The number of nitrogens with zero attached hydrogens (tertiary/aromatic N) is 3. The highest BCUT2D eigenvalue weighted by Gasteiger charge is 2.33. The molecule has 1 aliphatic heterocycles. The van der Waals surface area contributed by atoms with E-state index in [-0.39, 0.29) is 15.8 Å². The van der Waals surface area contributed by atoms with Crippen molar-refractivity contribution in [3.05, 3.63) is 40.8 Å². The standard InChI is InChI=1S/C17H19ClFN3O3S/c18-14-9-13(5-6-15(14)19)26(23,24)22-7-1-2-11(10-22)8-16-20-17(21-25-16)12-3-4-12/h5-6,9,11-12H,1-4,7-8,10H2/t11-/m1/s1. The van der Waals surface area contributed by atoms with Crippen molar-refractivity contribution in [1.29, 1.82) is 0 Å². The number of rotatable bonds is 5. The van der Waals surface area contributed by atoms with Crippen LogP contribution in [0.4, 0.5) is 4.39 Å². The molecule has 1 aliphatic carbocycles. The van der Waals surface area contributed by atoms with Crippen LogP contribution >= 0.6 is 11.6 Å². The zero-order valence-electron chi connectivity index (χ0n) is 14.1. The van der Waals surface area contributed by atoms with Crippen molar-refractivity contribution in [2.45, 2.75) is 42.9 Å². The molecule has 1 aromatic carbocycles. The fraction of sp³-hybridized carbons (Fsp3) is 0.529. The number of halogens is 2. The Labute approximate surface area is 156 Å². The summed E-state index contributed by atoms with van der Waals surface area (Å²) in [5.41, 5.74) is 0. The highest BCUT2D eigenvalue weighted by Crippen LogP contribution is 2.38. The number of benzene rings is 1. The quantitative estimate of drug-likeness (QED) is 0.770. The van der Waals surface area contributed by atoms with E-state index in [4.69, 9.17) is 16.1 Å². The van der Waals surface area contributed by atoms with Gasteiger partial charge in [0.05, 0.1) is 9.92 Å². The Morgan fingerprint density at radius 2 is 2.12 bits per heavy atom. The molecule has 2 aromatic rings. The lowest BCUT2D eigenvalue weighted by molar-refractivity contribution is 0.247. The summed E-state index contributed by atoms with van der Waals surface area (Å²) < 4.78 is 45.8. The fourth-order valence-corrected chi connectivity index (χ4v) is 5.13. The van der Waals surface area contributed by atoms with E-state index in [1.54, 1.807) is 0 Å². The molecule has 0 unspecified atom stereocenters. The molecule has 0 amide bonds. The second-order valence-electron chi connectivity index (χ2n) is 6.97. The summed E-state index contributed by atoms with van der Waals surface area (Å²) in [6.07, 6.45) is 4.43. The van der Waals surface area contributed by atoms with Crippen LogP contribution in [0.25, 0.3) is 0 Å². The van der Waals surface area contributed by atoms with Gasteiger partial charge in [0.2, 0.25) is 15.9 Å². The van der Waals surface area contributed by atoms with E-state index in [0.29, 0.717) is 31.3 Å². The van der Waals surface area contributed by atoms with Crippen molar-refractivity contribution >= 4 is 21.6 Å². The largest absolute Gasteiger partial charge is 0.339 e. The van der Waals surface area contributed by atoms with Gasteiger partial charge in [-0.2, -0.15) is 9.29 Å². The van der Waals surface area contributed by atoms with Gasteiger partial charge in [0.25, 0.3) is 0 Å². The molecular formula is C17H19ClFN3O3S. The second-order valence-corrected chi connectivity index (χ2v) is 9.32.